The lowest BCUT2D eigenvalue weighted by atomic mass is 10.1. The lowest BCUT2D eigenvalue weighted by molar-refractivity contribution is -0.119. The second kappa shape index (κ2) is 8.04. The summed E-state index contributed by atoms with van der Waals surface area (Å²) in [4.78, 5) is 26.4. The Bertz CT molecular complexity index is 1010. The molecule has 0 radical (unpaired) electrons. The zero-order valence-electron chi connectivity index (χ0n) is 16.1. The van der Waals surface area contributed by atoms with E-state index in [9.17, 15) is 4.79 Å². The number of nitrogens with one attached hydrogen (secondary N) is 3. The van der Waals surface area contributed by atoms with E-state index in [2.05, 4.69) is 20.9 Å². The van der Waals surface area contributed by atoms with Crippen LogP contribution in [0, 0.1) is 5.92 Å². The van der Waals surface area contributed by atoms with Gasteiger partial charge in [0.1, 0.15) is 11.3 Å². The summed E-state index contributed by atoms with van der Waals surface area (Å²) in [5, 5.41) is 12.1. The van der Waals surface area contributed by atoms with Crippen molar-refractivity contribution in [2.45, 2.75) is 38.1 Å². The summed E-state index contributed by atoms with van der Waals surface area (Å²) >= 11 is 1.58. The Morgan fingerprint density at radius 1 is 1.14 bits per heavy atom. The molecule has 7 nitrogen and oxygen atoms in total. The van der Waals surface area contributed by atoms with Crippen molar-refractivity contribution in [2.75, 3.05) is 23.7 Å². The van der Waals surface area contributed by atoms with Crippen LogP contribution < -0.4 is 16.0 Å². The van der Waals surface area contributed by atoms with Gasteiger partial charge in [-0.2, -0.15) is 0 Å². The predicted octanol–water partition coefficient (Wildman–Crippen LogP) is 3.66. The third-order valence-corrected chi connectivity index (χ3v) is 6.71. The molecule has 1 unspecified atom stereocenters. The van der Waals surface area contributed by atoms with Crippen molar-refractivity contribution in [3.05, 3.63) is 29.9 Å². The van der Waals surface area contributed by atoms with Crippen LogP contribution in [-0.2, 0) is 4.79 Å². The molecule has 29 heavy (non-hydrogen) atoms. The van der Waals surface area contributed by atoms with E-state index in [4.69, 9.17) is 9.97 Å². The number of anilines is 2. The molecule has 3 N–H and O–H groups in total. The minimum atomic E-state index is 0.112. The third-order valence-electron chi connectivity index (χ3n) is 5.74. The minimum Gasteiger partial charge on any atom is -0.365 e. The monoisotopic (exact) mass is 408 g/mol. The van der Waals surface area contributed by atoms with E-state index in [1.165, 1.54) is 0 Å². The molecule has 150 valence electrons. The number of thiophene rings is 1. The van der Waals surface area contributed by atoms with E-state index in [0.29, 0.717) is 11.9 Å². The van der Waals surface area contributed by atoms with Crippen molar-refractivity contribution in [3.8, 4) is 11.4 Å². The SMILES string of the molecule is O=C(Nc1csc2c(NC3CCNC3)nc(-c3ccncc3)nc12)C1CCCC1. The molecule has 1 atom stereocenters. The van der Waals surface area contributed by atoms with Crippen LogP contribution in [0.2, 0.25) is 0 Å². The molecular formula is C21H24N6OS. The van der Waals surface area contributed by atoms with Gasteiger partial charge < -0.3 is 16.0 Å². The van der Waals surface area contributed by atoms with E-state index in [1.807, 2.05) is 17.5 Å². The van der Waals surface area contributed by atoms with Gasteiger partial charge in [-0.15, -0.1) is 11.3 Å². The first-order valence-corrected chi connectivity index (χ1v) is 11.1. The number of amides is 1. The summed E-state index contributed by atoms with van der Waals surface area (Å²) in [5.74, 6) is 1.71. The Labute approximate surface area is 173 Å². The number of carbonyl (C=O) groups excluding carboxylic acids is 1. The highest BCUT2D eigenvalue weighted by atomic mass is 32.1. The molecule has 1 saturated heterocycles. The molecule has 5 rings (SSSR count). The molecule has 1 amide bonds. The highest BCUT2D eigenvalue weighted by Crippen LogP contribution is 2.36. The Hall–Kier alpha value is -2.58. The Morgan fingerprint density at radius 2 is 1.97 bits per heavy atom. The molecule has 8 heteroatoms. The molecule has 1 aliphatic carbocycles. The molecule has 0 spiro atoms. The molecule has 4 heterocycles. The van der Waals surface area contributed by atoms with Gasteiger partial charge in [0.05, 0.1) is 10.4 Å². The number of hydrogen-bond donors (Lipinski definition) is 3. The maximum absolute atomic E-state index is 12.7. The fraction of sp³-hybridized carbons (Fsp3) is 0.429. The zero-order chi connectivity index (χ0) is 19.6. The van der Waals surface area contributed by atoms with Gasteiger partial charge >= 0.3 is 0 Å². The molecule has 3 aromatic rings. The number of hydrogen-bond acceptors (Lipinski definition) is 7. The quantitative estimate of drug-likeness (QED) is 0.597. The highest BCUT2D eigenvalue weighted by Gasteiger charge is 2.25. The highest BCUT2D eigenvalue weighted by molar-refractivity contribution is 7.18. The number of fused-ring (bicyclic) bond motifs is 1. The van der Waals surface area contributed by atoms with E-state index in [-0.39, 0.29) is 11.8 Å². The van der Waals surface area contributed by atoms with Crippen molar-refractivity contribution in [2.24, 2.45) is 5.92 Å². The normalized spacial score (nSPS) is 19.7. The Kier molecular flexibility index (Phi) is 5.12. The van der Waals surface area contributed by atoms with Gasteiger partial charge in [0.15, 0.2) is 5.82 Å². The topological polar surface area (TPSA) is 91.8 Å². The summed E-state index contributed by atoms with van der Waals surface area (Å²) in [5.41, 5.74) is 2.50. The number of carbonyl (C=O) groups is 1. The van der Waals surface area contributed by atoms with Crippen LogP contribution in [0.4, 0.5) is 11.5 Å². The van der Waals surface area contributed by atoms with Crippen LogP contribution in [0.3, 0.4) is 0 Å². The van der Waals surface area contributed by atoms with Gasteiger partial charge in [0, 0.05) is 41.8 Å². The summed E-state index contributed by atoms with van der Waals surface area (Å²) < 4.78 is 0.983. The summed E-state index contributed by atoms with van der Waals surface area (Å²) in [6.07, 6.45) is 8.78. The molecule has 1 saturated carbocycles. The minimum absolute atomic E-state index is 0.112. The van der Waals surface area contributed by atoms with Gasteiger partial charge in [-0.25, -0.2) is 9.97 Å². The van der Waals surface area contributed by atoms with Crippen molar-refractivity contribution in [1.82, 2.24) is 20.3 Å². The van der Waals surface area contributed by atoms with E-state index >= 15 is 0 Å². The molecule has 3 aromatic heterocycles. The van der Waals surface area contributed by atoms with E-state index in [1.54, 1.807) is 23.7 Å². The molecule has 2 aliphatic rings. The fourth-order valence-electron chi connectivity index (χ4n) is 4.13. The number of aromatic nitrogens is 3. The van der Waals surface area contributed by atoms with Gasteiger partial charge in [-0.1, -0.05) is 12.8 Å². The molecule has 2 fully saturated rings. The maximum atomic E-state index is 12.7. The van der Waals surface area contributed by atoms with E-state index < -0.39 is 0 Å². The summed E-state index contributed by atoms with van der Waals surface area (Å²) in [6, 6.07) is 4.16. The summed E-state index contributed by atoms with van der Waals surface area (Å²) in [7, 11) is 0. The Morgan fingerprint density at radius 3 is 2.72 bits per heavy atom. The number of pyridine rings is 1. The number of nitrogens with zero attached hydrogens (tertiary/aromatic N) is 3. The zero-order valence-corrected chi connectivity index (χ0v) is 17.0. The van der Waals surface area contributed by atoms with E-state index in [0.717, 1.165) is 72.5 Å². The average molecular weight is 409 g/mol. The standard InChI is InChI=1S/C21H24N6OS/c28-21(14-3-1-2-4-14)25-16-12-29-18-17(16)26-19(13-5-8-22-9-6-13)27-20(18)24-15-7-10-23-11-15/h5-6,8-9,12,14-15,23H,1-4,7,10-11H2,(H,25,28)(H,24,26,27). The van der Waals surface area contributed by atoms with Crippen molar-refractivity contribution in [3.63, 3.8) is 0 Å². The second-order valence-corrected chi connectivity index (χ2v) is 8.64. The van der Waals surface area contributed by atoms with Gasteiger partial charge in [0.2, 0.25) is 5.91 Å². The second-order valence-electron chi connectivity index (χ2n) is 7.76. The van der Waals surface area contributed by atoms with Gasteiger partial charge in [-0.05, 0) is 37.9 Å². The number of rotatable bonds is 5. The molecule has 0 aromatic carbocycles. The van der Waals surface area contributed by atoms with Crippen molar-refractivity contribution >= 4 is 39.0 Å². The first-order valence-electron chi connectivity index (χ1n) is 10.3. The first kappa shape index (κ1) is 18.4. The molecule has 0 bridgehead atoms. The van der Waals surface area contributed by atoms with Crippen LogP contribution in [0.1, 0.15) is 32.1 Å². The summed E-state index contributed by atoms with van der Waals surface area (Å²) in [6.45, 7) is 1.93. The predicted molar refractivity (Wildman–Crippen MR) is 116 cm³/mol. The molecular weight excluding hydrogens is 384 g/mol. The molecule has 1 aliphatic heterocycles. The lowest BCUT2D eigenvalue weighted by Crippen LogP contribution is -2.23. The van der Waals surface area contributed by atoms with Gasteiger partial charge in [-0.3, -0.25) is 9.78 Å². The van der Waals surface area contributed by atoms with Crippen molar-refractivity contribution < 1.29 is 4.79 Å². The van der Waals surface area contributed by atoms with Gasteiger partial charge in [0.25, 0.3) is 0 Å². The van der Waals surface area contributed by atoms with Crippen molar-refractivity contribution in [1.29, 1.82) is 0 Å². The van der Waals surface area contributed by atoms with Crippen LogP contribution in [0.15, 0.2) is 29.9 Å². The van der Waals surface area contributed by atoms with Crippen LogP contribution in [0.5, 0.6) is 0 Å². The average Bonchev–Trinajstić information content (AvgIpc) is 3.51. The maximum Gasteiger partial charge on any atom is 0.227 e. The first-order chi connectivity index (χ1) is 14.3. The van der Waals surface area contributed by atoms with Crippen LogP contribution >= 0.6 is 11.3 Å². The third kappa shape index (κ3) is 3.82. The Balaban J connectivity index is 1.53. The smallest absolute Gasteiger partial charge is 0.227 e. The lowest BCUT2D eigenvalue weighted by Gasteiger charge is -2.14. The van der Waals surface area contributed by atoms with Crippen LogP contribution in [-0.4, -0.2) is 40.0 Å². The van der Waals surface area contributed by atoms with Crippen LogP contribution in [0.25, 0.3) is 21.6 Å². The largest absolute Gasteiger partial charge is 0.365 e. The fourth-order valence-corrected chi connectivity index (χ4v) is 5.02.